The van der Waals surface area contributed by atoms with Gasteiger partial charge in [0, 0.05) is 39.7 Å². The van der Waals surface area contributed by atoms with Gasteiger partial charge in [-0.1, -0.05) is 12.1 Å². The quantitative estimate of drug-likeness (QED) is 0.442. The monoisotopic (exact) mass is 349 g/mol. The molecule has 6 heteroatoms. The predicted octanol–water partition coefficient (Wildman–Crippen LogP) is 2.06. The zero-order chi connectivity index (χ0) is 18.1. The summed E-state index contributed by atoms with van der Waals surface area (Å²) < 4.78 is 16.0. The number of benzene rings is 1. The molecule has 1 aromatic carbocycles. The molecule has 1 aliphatic rings. The average molecular weight is 349 g/mol. The molecule has 6 nitrogen and oxygen atoms in total. The van der Waals surface area contributed by atoms with Crippen LogP contribution >= 0.6 is 0 Å². The second kappa shape index (κ2) is 10.3. The molecule has 1 unspecified atom stereocenters. The topological polar surface area (TPSA) is 55.3 Å². The smallest absolute Gasteiger partial charge is 0.193 e. The van der Waals surface area contributed by atoms with Crippen molar-refractivity contribution in [2.45, 2.75) is 19.9 Å². The van der Waals surface area contributed by atoms with Gasteiger partial charge in [0.2, 0.25) is 0 Å². The van der Waals surface area contributed by atoms with Gasteiger partial charge in [-0.15, -0.1) is 0 Å². The molecule has 140 valence electrons. The molecule has 0 amide bonds. The number of ether oxygens (including phenoxy) is 3. The molecular weight excluding hydrogens is 318 g/mol. The first-order chi connectivity index (χ1) is 12.2. The minimum absolute atomic E-state index is 0.554. The first-order valence-electron chi connectivity index (χ1n) is 8.83. The highest BCUT2D eigenvalue weighted by Gasteiger charge is 2.24. The van der Waals surface area contributed by atoms with Crippen LogP contribution in [0.1, 0.15) is 17.5 Å². The SMILES string of the molecule is CN=C(NCc1ccc(OC)c(C)c1)N1CCC(COCCOC)C1. The fraction of sp³-hybridized carbons (Fsp3) is 0.632. The Morgan fingerprint density at radius 2 is 2.16 bits per heavy atom. The fourth-order valence-electron chi connectivity index (χ4n) is 3.12. The Labute approximate surface area is 151 Å². The number of aryl methyl sites for hydroxylation is 1. The number of rotatable bonds is 8. The first-order valence-corrected chi connectivity index (χ1v) is 8.83. The minimum Gasteiger partial charge on any atom is -0.496 e. The fourth-order valence-corrected chi connectivity index (χ4v) is 3.12. The van der Waals surface area contributed by atoms with E-state index in [0.717, 1.165) is 49.9 Å². The minimum atomic E-state index is 0.554. The van der Waals surface area contributed by atoms with Gasteiger partial charge < -0.3 is 24.4 Å². The Kier molecular flexibility index (Phi) is 8.01. The van der Waals surface area contributed by atoms with Crippen molar-refractivity contribution < 1.29 is 14.2 Å². The average Bonchev–Trinajstić information content (AvgIpc) is 3.08. The van der Waals surface area contributed by atoms with Gasteiger partial charge in [0.1, 0.15) is 5.75 Å². The third-order valence-electron chi connectivity index (χ3n) is 4.49. The van der Waals surface area contributed by atoms with E-state index in [2.05, 4.69) is 34.3 Å². The van der Waals surface area contributed by atoms with E-state index in [1.54, 1.807) is 14.2 Å². The standard InChI is InChI=1S/C19H31N3O3/c1-15-11-16(5-6-18(15)24-4)12-21-19(20-2)22-8-7-17(13-22)14-25-10-9-23-3/h5-6,11,17H,7-10,12-14H2,1-4H3,(H,20,21). The van der Waals surface area contributed by atoms with Crippen molar-refractivity contribution >= 4 is 5.96 Å². The third-order valence-corrected chi connectivity index (χ3v) is 4.49. The van der Waals surface area contributed by atoms with E-state index in [1.807, 2.05) is 13.1 Å². The van der Waals surface area contributed by atoms with E-state index in [0.29, 0.717) is 19.1 Å². The highest BCUT2D eigenvalue weighted by molar-refractivity contribution is 5.80. The second-order valence-corrected chi connectivity index (χ2v) is 6.37. The van der Waals surface area contributed by atoms with E-state index in [1.165, 1.54) is 5.56 Å². The van der Waals surface area contributed by atoms with Crippen LogP contribution in [0.2, 0.25) is 0 Å². The Hall–Kier alpha value is -1.79. The van der Waals surface area contributed by atoms with Crippen molar-refractivity contribution in [2.24, 2.45) is 10.9 Å². The zero-order valence-corrected chi connectivity index (χ0v) is 15.9. The van der Waals surface area contributed by atoms with Gasteiger partial charge in [0.05, 0.1) is 26.9 Å². The van der Waals surface area contributed by atoms with Crippen molar-refractivity contribution in [2.75, 3.05) is 54.2 Å². The summed E-state index contributed by atoms with van der Waals surface area (Å²) >= 11 is 0. The van der Waals surface area contributed by atoms with Gasteiger partial charge in [0.15, 0.2) is 5.96 Å². The van der Waals surface area contributed by atoms with E-state index in [-0.39, 0.29) is 0 Å². The molecule has 0 radical (unpaired) electrons. The maximum atomic E-state index is 5.66. The Morgan fingerprint density at radius 3 is 2.84 bits per heavy atom. The van der Waals surface area contributed by atoms with Crippen molar-refractivity contribution in [3.05, 3.63) is 29.3 Å². The van der Waals surface area contributed by atoms with Crippen molar-refractivity contribution in [1.29, 1.82) is 0 Å². The van der Waals surface area contributed by atoms with Crippen LogP contribution in [0.3, 0.4) is 0 Å². The molecular formula is C19H31N3O3. The first kappa shape index (κ1) is 19.5. The van der Waals surface area contributed by atoms with Crippen LogP contribution in [0.25, 0.3) is 0 Å². The van der Waals surface area contributed by atoms with Crippen LogP contribution in [0.5, 0.6) is 5.75 Å². The Balaban J connectivity index is 1.80. The number of hydrogen-bond acceptors (Lipinski definition) is 4. The number of hydrogen-bond donors (Lipinski definition) is 1. The lowest BCUT2D eigenvalue weighted by molar-refractivity contribution is 0.0536. The highest BCUT2D eigenvalue weighted by Crippen LogP contribution is 2.19. The number of nitrogens with one attached hydrogen (secondary N) is 1. The second-order valence-electron chi connectivity index (χ2n) is 6.37. The molecule has 0 spiro atoms. The lowest BCUT2D eigenvalue weighted by Crippen LogP contribution is -2.39. The molecule has 2 rings (SSSR count). The molecule has 1 heterocycles. The van der Waals surface area contributed by atoms with Crippen LogP contribution in [0, 0.1) is 12.8 Å². The summed E-state index contributed by atoms with van der Waals surface area (Å²) in [7, 11) is 5.23. The molecule has 0 aliphatic carbocycles. The molecule has 1 fully saturated rings. The van der Waals surface area contributed by atoms with Gasteiger partial charge in [-0.25, -0.2) is 0 Å². The Bertz CT molecular complexity index is 563. The normalized spacial score (nSPS) is 17.8. The van der Waals surface area contributed by atoms with Gasteiger partial charge in [0.25, 0.3) is 0 Å². The van der Waals surface area contributed by atoms with Gasteiger partial charge in [-0.3, -0.25) is 4.99 Å². The summed E-state index contributed by atoms with van der Waals surface area (Å²) in [5.41, 5.74) is 2.37. The molecule has 0 saturated carbocycles. The summed E-state index contributed by atoms with van der Waals surface area (Å²) in [5.74, 6) is 2.43. The molecule has 1 aromatic rings. The molecule has 0 aromatic heterocycles. The molecule has 25 heavy (non-hydrogen) atoms. The summed E-state index contributed by atoms with van der Waals surface area (Å²) in [5, 5.41) is 3.46. The van der Waals surface area contributed by atoms with Crippen molar-refractivity contribution in [3.8, 4) is 5.75 Å². The number of methoxy groups -OCH3 is 2. The van der Waals surface area contributed by atoms with Gasteiger partial charge in [-0.05, 0) is 30.5 Å². The maximum absolute atomic E-state index is 5.66. The highest BCUT2D eigenvalue weighted by atomic mass is 16.5. The molecule has 0 bridgehead atoms. The molecule has 1 N–H and O–H groups in total. The van der Waals surface area contributed by atoms with Gasteiger partial charge >= 0.3 is 0 Å². The van der Waals surface area contributed by atoms with Crippen molar-refractivity contribution in [1.82, 2.24) is 10.2 Å². The summed E-state index contributed by atoms with van der Waals surface area (Å²) in [6.07, 6.45) is 1.13. The van der Waals surface area contributed by atoms with E-state index in [4.69, 9.17) is 14.2 Å². The van der Waals surface area contributed by atoms with Crippen LogP contribution < -0.4 is 10.1 Å². The molecule has 1 aliphatic heterocycles. The van der Waals surface area contributed by atoms with E-state index < -0.39 is 0 Å². The zero-order valence-electron chi connectivity index (χ0n) is 15.9. The Morgan fingerprint density at radius 1 is 1.32 bits per heavy atom. The van der Waals surface area contributed by atoms with Crippen LogP contribution in [-0.2, 0) is 16.0 Å². The van der Waals surface area contributed by atoms with Crippen LogP contribution in [-0.4, -0.2) is 65.0 Å². The van der Waals surface area contributed by atoms with E-state index >= 15 is 0 Å². The van der Waals surface area contributed by atoms with Crippen molar-refractivity contribution in [3.63, 3.8) is 0 Å². The number of nitrogens with zero attached hydrogens (tertiary/aromatic N) is 2. The van der Waals surface area contributed by atoms with Gasteiger partial charge in [-0.2, -0.15) is 0 Å². The summed E-state index contributed by atoms with van der Waals surface area (Å²) in [6.45, 7) is 6.91. The largest absolute Gasteiger partial charge is 0.496 e. The maximum Gasteiger partial charge on any atom is 0.193 e. The van der Waals surface area contributed by atoms with Crippen LogP contribution in [0.4, 0.5) is 0 Å². The third kappa shape index (κ3) is 5.90. The van der Waals surface area contributed by atoms with E-state index in [9.17, 15) is 0 Å². The molecule has 1 saturated heterocycles. The lowest BCUT2D eigenvalue weighted by atomic mass is 10.1. The summed E-state index contributed by atoms with van der Waals surface area (Å²) in [4.78, 5) is 6.74. The van der Waals surface area contributed by atoms with Crippen LogP contribution in [0.15, 0.2) is 23.2 Å². The number of guanidine groups is 1. The summed E-state index contributed by atoms with van der Waals surface area (Å²) in [6, 6.07) is 6.25. The number of aliphatic imine (C=N–C) groups is 1. The lowest BCUT2D eigenvalue weighted by Gasteiger charge is -2.22. The number of likely N-dealkylation sites (tertiary alicyclic amines) is 1. The molecule has 1 atom stereocenters. The predicted molar refractivity (Wildman–Crippen MR) is 100 cm³/mol.